The van der Waals surface area contributed by atoms with E-state index < -0.39 is 15.6 Å². The molecule has 0 radical (unpaired) electrons. The van der Waals surface area contributed by atoms with Crippen LogP contribution in [0, 0.1) is 0 Å². The van der Waals surface area contributed by atoms with Crippen molar-refractivity contribution in [1.82, 2.24) is 0 Å². The molecule has 1 heterocycles. The number of hydrogen-bond acceptors (Lipinski definition) is 5. The van der Waals surface area contributed by atoms with Gasteiger partial charge in [-0.25, -0.2) is 8.42 Å². The zero-order chi connectivity index (χ0) is 21.0. The zero-order valence-corrected chi connectivity index (χ0v) is 19.2. The number of hydrogen-bond donors (Lipinski definition) is 0. The fraction of sp³-hybridized carbons (Fsp3) is 0.0952. The van der Waals surface area contributed by atoms with Gasteiger partial charge in [-0.1, -0.05) is 39.7 Å². The Labute approximate surface area is 186 Å². The van der Waals surface area contributed by atoms with Crippen molar-refractivity contribution in [3.63, 3.8) is 0 Å². The van der Waals surface area contributed by atoms with Crippen molar-refractivity contribution in [1.29, 1.82) is 0 Å². The van der Waals surface area contributed by atoms with Crippen LogP contribution >= 0.6 is 38.9 Å². The molecule has 0 amide bonds. The van der Waals surface area contributed by atoms with Crippen molar-refractivity contribution < 1.29 is 17.9 Å². The average molecular weight is 512 g/mol. The predicted octanol–water partition coefficient (Wildman–Crippen LogP) is 6.01. The topological polar surface area (TPSA) is 60.4 Å². The lowest BCUT2D eigenvalue weighted by atomic mass is 10.1. The lowest BCUT2D eigenvalue weighted by Gasteiger charge is -2.10. The van der Waals surface area contributed by atoms with Crippen molar-refractivity contribution in [2.24, 2.45) is 0 Å². The van der Waals surface area contributed by atoms with Crippen LogP contribution in [0.25, 0.3) is 6.08 Å². The lowest BCUT2D eigenvalue weighted by molar-refractivity contribution is 0.104. The average Bonchev–Trinajstić information content (AvgIpc) is 3.15. The van der Waals surface area contributed by atoms with Gasteiger partial charge in [0, 0.05) is 15.1 Å². The molecule has 0 fully saturated rings. The third-order valence-electron chi connectivity index (χ3n) is 4.07. The van der Waals surface area contributed by atoms with Crippen LogP contribution in [-0.4, -0.2) is 21.3 Å². The predicted molar refractivity (Wildman–Crippen MR) is 121 cm³/mol. The number of thiophene rings is 1. The fourth-order valence-electron chi connectivity index (χ4n) is 2.62. The molecule has 150 valence electrons. The summed E-state index contributed by atoms with van der Waals surface area (Å²) in [6, 6.07) is 14.8. The first-order valence-corrected chi connectivity index (χ1v) is 12.1. The van der Waals surface area contributed by atoms with Crippen LogP contribution in [0.1, 0.15) is 20.8 Å². The number of rotatable bonds is 7. The van der Waals surface area contributed by atoms with Crippen molar-refractivity contribution in [2.45, 2.75) is 5.75 Å². The van der Waals surface area contributed by atoms with E-state index in [1.807, 2.05) is 0 Å². The molecular formula is C21H16BrClO4S2. The number of ketones is 1. The van der Waals surface area contributed by atoms with Gasteiger partial charge in [-0.05, 0) is 59.5 Å². The maximum atomic E-state index is 13.2. The van der Waals surface area contributed by atoms with Crippen LogP contribution in [0.3, 0.4) is 0 Å². The van der Waals surface area contributed by atoms with Gasteiger partial charge in [0.2, 0.25) is 5.78 Å². The van der Waals surface area contributed by atoms with Gasteiger partial charge in [0.1, 0.15) is 10.7 Å². The monoisotopic (exact) mass is 510 g/mol. The Balaban J connectivity index is 2.07. The van der Waals surface area contributed by atoms with E-state index in [-0.39, 0.29) is 16.2 Å². The first kappa shape index (κ1) is 21.8. The minimum absolute atomic E-state index is 0.282. The molecule has 0 aliphatic heterocycles. The van der Waals surface area contributed by atoms with Crippen molar-refractivity contribution in [3.05, 3.63) is 90.4 Å². The van der Waals surface area contributed by atoms with Crippen LogP contribution in [0.4, 0.5) is 0 Å². The molecule has 0 bridgehead atoms. The molecule has 3 rings (SSSR count). The van der Waals surface area contributed by atoms with Gasteiger partial charge < -0.3 is 4.74 Å². The Hall–Kier alpha value is -1.93. The molecule has 0 atom stereocenters. The molecule has 3 aromatic rings. The number of Topliss-reactive ketones (excluding diaryl/α,β-unsaturated/α-hetero) is 1. The zero-order valence-electron chi connectivity index (χ0n) is 15.3. The fourth-order valence-corrected chi connectivity index (χ4v) is 5.36. The first-order valence-electron chi connectivity index (χ1n) is 8.41. The Morgan fingerprint density at radius 3 is 2.38 bits per heavy atom. The number of benzene rings is 2. The van der Waals surface area contributed by atoms with E-state index >= 15 is 0 Å². The van der Waals surface area contributed by atoms with Gasteiger partial charge in [0.15, 0.2) is 9.84 Å². The van der Waals surface area contributed by atoms with E-state index in [9.17, 15) is 13.2 Å². The quantitative estimate of drug-likeness (QED) is 0.288. The summed E-state index contributed by atoms with van der Waals surface area (Å²) in [5.74, 6) is -0.369. The summed E-state index contributed by atoms with van der Waals surface area (Å²) in [7, 11) is -2.44. The maximum absolute atomic E-state index is 13.2. The van der Waals surface area contributed by atoms with Crippen LogP contribution in [0.5, 0.6) is 5.75 Å². The Kier molecular flexibility index (Phi) is 6.95. The van der Waals surface area contributed by atoms with Crippen LogP contribution in [0.15, 0.2) is 69.4 Å². The molecule has 1 aromatic heterocycles. The second-order valence-corrected chi connectivity index (χ2v) is 10.3. The normalized spacial score (nSPS) is 12.0. The molecule has 8 heteroatoms. The summed E-state index contributed by atoms with van der Waals surface area (Å²) in [5, 5.41) is 2.29. The number of ether oxygens (including phenoxy) is 1. The second kappa shape index (κ2) is 9.26. The summed E-state index contributed by atoms with van der Waals surface area (Å²) < 4.78 is 32.5. The maximum Gasteiger partial charge on any atom is 0.204 e. The molecule has 0 unspecified atom stereocenters. The first-order chi connectivity index (χ1) is 13.8. The summed E-state index contributed by atoms with van der Waals surface area (Å²) >= 11 is 10.5. The molecule has 0 N–H and O–H groups in total. The van der Waals surface area contributed by atoms with Gasteiger partial charge in [-0.2, -0.15) is 0 Å². The third kappa shape index (κ3) is 5.36. The van der Waals surface area contributed by atoms with E-state index in [2.05, 4.69) is 15.9 Å². The van der Waals surface area contributed by atoms with Gasteiger partial charge in [0.05, 0.1) is 17.7 Å². The highest BCUT2D eigenvalue weighted by Gasteiger charge is 2.27. The molecule has 4 nitrogen and oxygen atoms in total. The van der Waals surface area contributed by atoms with Crippen molar-refractivity contribution >= 4 is 60.6 Å². The molecule has 0 aliphatic rings. The summed E-state index contributed by atoms with van der Waals surface area (Å²) in [6.45, 7) is 0. The van der Waals surface area contributed by atoms with E-state index in [1.165, 1.54) is 24.5 Å². The number of carbonyl (C=O) groups excluding carboxylic acids is 1. The van der Waals surface area contributed by atoms with E-state index in [4.69, 9.17) is 16.3 Å². The molecule has 0 saturated carbocycles. The number of sulfone groups is 1. The highest BCUT2D eigenvalue weighted by atomic mass is 79.9. The molecule has 0 saturated heterocycles. The number of carbonyl (C=O) groups is 1. The molecule has 0 aliphatic carbocycles. The summed E-state index contributed by atoms with van der Waals surface area (Å²) in [5.41, 5.74) is 0.830. The summed E-state index contributed by atoms with van der Waals surface area (Å²) in [4.78, 5) is 13.4. The van der Waals surface area contributed by atoms with Gasteiger partial charge >= 0.3 is 0 Å². The highest BCUT2D eigenvalue weighted by molar-refractivity contribution is 9.10. The van der Waals surface area contributed by atoms with Crippen molar-refractivity contribution in [3.8, 4) is 5.75 Å². The van der Waals surface area contributed by atoms with Gasteiger partial charge in [-0.15, -0.1) is 11.3 Å². The largest absolute Gasteiger partial charge is 0.495 e. The number of methoxy groups -OCH3 is 1. The van der Waals surface area contributed by atoms with Crippen LogP contribution in [-0.2, 0) is 15.6 Å². The number of halogens is 2. The number of allylic oxidation sites excluding steroid dienone is 1. The second-order valence-electron chi connectivity index (χ2n) is 6.08. The van der Waals surface area contributed by atoms with E-state index in [0.717, 1.165) is 4.47 Å². The third-order valence-corrected chi connectivity index (χ3v) is 7.39. The minimum atomic E-state index is -3.94. The van der Waals surface area contributed by atoms with Gasteiger partial charge in [-0.3, -0.25) is 4.79 Å². The lowest BCUT2D eigenvalue weighted by Crippen LogP contribution is -2.16. The van der Waals surface area contributed by atoms with E-state index in [1.54, 1.807) is 60.0 Å². The molecular weight excluding hydrogens is 496 g/mol. The Bertz CT molecular complexity index is 1150. The molecule has 2 aromatic carbocycles. The van der Waals surface area contributed by atoms with E-state index in [0.29, 0.717) is 21.2 Å². The molecule has 29 heavy (non-hydrogen) atoms. The Morgan fingerprint density at radius 1 is 1.10 bits per heavy atom. The van der Waals surface area contributed by atoms with Gasteiger partial charge in [0.25, 0.3) is 0 Å². The minimum Gasteiger partial charge on any atom is -0.495 e. The van der Waals surface area contributed by atoms with Crippen LogP contribution < -0.4 is 4.74 Å². The SMILES string of the molecule is COc1ccsc1/C=C(\C(=O)c1ccc(Br)cc1)S(=O)(=O)Cc1ccc(Cl)cc1. The van der Waals surface area contributed by atoms with Crippen LogP contribution in [0.2, 0.25) is 5.02 Å². The summed E-state index contributed by atoms with van der Waals surface area (Å²) in [6.07, 6.45) is 1.39. The molecule has 0 spiro atoms. The Morgan fingerprint density at radius 2 is 1.76 bits per heavy atom. The van der Waals surface area contributed by atoms with Crippen molar-refractivity contribution in [2.75, 3.05) is 7.11 Å². The standard InChI is InChI=1S/C21H16BrClO4S2/c1-27-18-10-11-28-19(18)12-20(21(24)15-4-6-16(22)7-5-15)29(25,26)13-14-2-8-17(23)9-3-14/h2-12H,13H2,1H3/b20-12+. The smallest absolute Gasteiger partial charge is 0.204 e. The highest BCUT2D eigenvalue weighted by Crippen LogP contribution is 2.30.